The van der Waals surface area contributed by atoms with Crippen LogP contribution in [0.1, 0.15) is 43.1 Å². The third-order valence-electron chi connectivity index (χ3n) is 3.61. The van der Waals surface area contributed by atoms with Crippen LogP contribution in [0.15, 0.2) is 24.3 Å². The zero-order valence-corrected chi connectivity index (χ0v) is 14.9. The van der Waals surface area contributed by atoms with Crippen molar-refractivity contribution >= 4 is 28.9 Å². The number of carboxylic acids is 1. The molecule has 1 aromatic rings. The molecule has 0 atom stereocenters. The molecule has 0 aliphatic heterocycles. The Morgan fingerprint density at radius 3 is 2.38 bits per heavy atom. The second-order valence-corrected chi connectivity index (χ2v) is 6.83. The summed E-state index contributed by atoms with van der Waals surface area (Å²) in [6, 6.07) is 6.37. The van der Waals surface area contributed by atoms with Crippen LogP contribution in [0.5, 0.6) is 0 Å². The molecule has 7 heteroatoms. The number of hydrogen-bond donors (Lipinski definition) is 2. The van der Waals surface area contributed by atoms with Crippen molar-refractivity contribution in [1.82, 2.24) is 5.32 Å². The Kier molecular flexibility index (Phi) is 7.78. The monoisotopic (exact) mass is 353 g/mol. The zero-order valence-electron chi connectivity index (χ0n) is 14.1. The van der Waals surface area contributed by atoms with E-state index in [1.165, 1.54) is 12.1 Å². The molecule has 6 nitrogen and oxygen atoms in total. The second-order valence-electron chi connectivity index (χ2n) is 5.88. The lowest BCUT2D eigenvalue weighted by Crippen LogP contribution is -2.30. The number of carbonyl (C=O) groups excluding carboxylic acids is 2. The molecule has 0 aliphatic rings. The summed E-state index contributed by atoms with van der Waals surface area (Å²) in [5, 5.41) is 11.3. The molecule has 0 heterocycles. The Labute approximate surface area is 146 Å². The van der Waals surface area contributed by atoms with E-state index in [0.717, 1.165) is 17.3 Å². The van der Waals surface area contributed by atoms with Gasteiger partial charge in [0.1, 0.15) is 6.61 Å². The highest BCUT2D eigenvalue weighted by Crippen LogP contribution is 2.21. The molecule has 2 N–H and O–H groups in total. The van der Waals surface area contributed by atoms with E-state index < -0.39 is 11.4 Å². The van der Waals surface area contributed by atoms with Crippen molar-refractivity contribution in [3.63, 3.8) is 0 Å². The van der Waals surface area contributed by atoms with Gasteiger partial charge in [0, 0.05) is 5.75 Å². The van der Waals surface area contributed by atoms with E-state index in [4.69, 9.17) is 9.84 Å². The SMILES string of the molecule is CCC(C)(C)C(=O)OCCNC(=O)SCc1ccc(C(=O)O)cc1. The number of carboxylic acid groups (broad SMARTS) is 1. The highest BCUT2D eigenvalue weighted by atomic mass is 32.2. The Bertz CT molecular complexity index is 583. The van der Waals surface area contributed by atoms with E-state index in [1.807, 2.05) is 20.8 Å². The average molecular weight is 353 g/mol. The summed E-state index contributed by atoms with van der Waals surface area (Å²) < 4.78 is 5.13. The van der Waals surface area contributed by atoms with Gasteiger partial charge in [-0.05, 0) is 38.0 Å². The van der Waals surface area contributed by atoms with E-state index >= 15 is 0 Å². The van der Waals surface area contributed by atoms with Crippen LogP contribution >= 0.6 is 11.8 Å². The van der Waals surface area contributed by atoms with Crippen molar-refractivity contribution in [3.05, 3.63) is 35.4 Å². The quantitative estimate of drug-likeness (QED) is 0.550. The molecular weight excluding hydrogens is 330 g/mol. The van der Waals surface area contributed by atoms with Gasteiger partial charge < -0.3 is 15.2 Å². The fraction of sp³-hybridized carbons (Fsp3) is 0.471. The van der Waals surface area contributed by atoms with Crippen LogP contribution < -0.4 is 5.32 Å². The largest absolute Gasteiger partial charge is 0.478 e. The lowest BCUT2D eigenvalue weighted by atomic mass is 9.91. The van der Waals surface area contributed by atoms with Crippen LogP contribution in [0.3, 0.4) is 0 Å². The zero-order chi connectivity index (χ0) is 18.2. The Morgan fingerprint density at radius 1 is 1.21 bits per heavy atom. The molecule has 0 saturated carbocycles. The van der Waals surface area contributed by atoms with Crippen LogP contribution in [0.2, 0.25) is 0 Å². The smallest absolute Gasteiger partial charge is 0.335 e. The number of amides is 1. The lowest BCUT2D eigenvalue weighted by molar-refractivity contribution is -0.153. The molecular formula is C17H23NO5S. The molecule has 0 spiro atoms. The van der Waals surface area contributed by atoms with E-state index in [0.29, 0.717) is 12.2 Å². The average Bonchev–Trinajstić information content (AvgIpc) is 2.56. The predicted molar refractivity (Wildman–Crippen MR) is 93.1 cm³/mol. The minimum absolute atomic E-state index is 0.141. The minimum Gasteiger partial charge on any atom is -0.478 e. The van der Waals surface area contributed by atoms with Gasteiger partial charge in [-0.1, -0.05) is 30.8 Å². The topological polar surface area (TPSA) is 92.7 Å². The van der Waals surface area contributed by atoms with Crippen LogP contribution in [-0.4, -0.2) is 35.4 Å². The molecule has 0 radical (unpaired) electrons. The first-order valence-electron chi connectivity index (χ1n) is 7.66. The summed E-state index contributed by atoms with van der Waals surface area (Å²) >= 11 is 1.07. The fourth-order valence-electron chi connectivity index (χ4n) is 1.58. The molecule has 0 aliphatic carbocycles. The van der Waals surface area contributed by atoms with Crippen molar-refractivity contribution in [2.75, 3.05) is 13.2 Å². The number of hydrogen-bond acceptors (Lipinski definition) is 5. The fourth-order valence-corrected chi connectivity index (χ4v) is 2.27. The number of benzene rings is 1. The molecule has 1 aromatic carbocycles. The third-order valence-corrected chi connectivity index (χ3v) is 4.50. The standard InChI is InChI=1S/C17H23NO5S/c1-4-17(2,3)15(21)23-10-9-18-16(22)24-11-12-5-7-13(8-6-12)14(19)20/h5-8H,4,9-11H2,1-3H3,(H,18,22)(H,19,20). The number of ether oxygens (including phenoxy) is 1. The van der Waals surface area contributed by atoms with Crippen LogP contribution in [-0.2, 0) is 15.3 Å². The molecule has 0 bridgehead atoms. The van der Waals surface area contributed by atoms with Crippen LogP contribution in [0.25, 0.3) is 0 Å². The highest BCUT2D eigenvalue weighted by Gasteiger charge is 2.26. The number of esters is 1. The van der Waals surface area contributed by atoms with Gasteiger partial charge in [-0.3, -0.25) is 9.59 Å². The maximum Gasteiger partial charge on any atom is 0.335 e. The molecule has 0 unspecified atom stereocenters. The highest BCUT2D eigenvalue weighted by molar-refractivity contribution is 8.12. The summed E-state index contributed by atoms with van der Waals surface area (Å²) in [4.78, 5) is 34.2. The molecule has 24 heavy (non-hydrogen) atoms. The normalized spacial score (nSPS) is 11.0. The summed E-state index contributed by atoms with van der Waals surface area (Å²) in [5.41, 5.74) is 0.558. The number of nitrogens with one attached hydrogen (secondary N) is 1. The lowest BCUT2D eigenvalue weighted by Gasteiger charge is -2.20. The molecule has 0 saturated heterocycles. The molecule has 0 fully saturated rings. The first-order valence-corrected chi connectivity index (χ1v) is 8.65. The van der Waals surface area contributed by atoms with Crippen molar-refractivity contribution < 1.29 is 24.2 Å². The van der Waals surface area contributed by atoms with Crippen LogP contribution in [0, 0.1) is 5.41 Å². The van der Waals surface area contributed by atoms with E-state index in [2.05, 4.69) is 5.32 Å². The van der Waals surface area contributed by atoms with E-state index in [9.17, 15) is 14.4 Å². The van der Waals surface area contributed by atoms with Gasteiger partial charge in [0.2, 0.25) is 0 Å². The second kappa shape index (κ2) is 9.32. The number of carbonyl (C=O) groups is 3. The van der Waals surface area contributed by atoms with Gasteiger partial charge in [0.05, 0.1) is 17.5 Å². The molecule has 1 rings (SSSR count). The Morgan fingerprint density at radius 2 is 1.83 bits per heavy atom. The van der Waals surface area contributed by atoms with Crippen molar-refractivity contribution in [3.8, 4) is 0 Å². The third kappa shape index (κ3) is 6.62. The predicted octanol–water partition coefficient (Wildman–Crippen LogP) is 3.31. The van der Waals surface area contributed by atoms with Crippen molar-refractivity contribution in [2.45, 2.75) is 32.9 Å². The maximum atomic E-state index is 11.7. The summed E-state index contributed by atoms with van der Waals surface area (Å²) in [7, 11) is 0. The number of aromatic carboxylic acids is 1. The number of rotatable bonds is 8. The van der Waals surface area contributed by atoms with Gasteiger partial charge in [0.25, 0.3) is 5.24 Å². The van der Waals surface area contributed by atoms with Crippen molar-refractivity contribution in [2.24, 2.45) is 5.41 Å². The Hall–Kier alpha value is -2.02. The Balaban J connectivity index is 2.25. The van der Waals surface area contributed by atoms with Gasteiger partial charge >= 0.3 is 11.9 Å². The van der Waals surface area contributed by atoms with Gasteiger partial charge in [-0.25, -0.2) is 4.79 Å². The maximum absolute atomic E-state index is 11.7. The van der Waals surface area contributed by atoms with Gasteiger partial charge in [0.15, 0.2) is 0 Å². The molecule has 132 valence electrons. The molecule has 1 amide bonds. The minimum atomic E-state index is -0.979. The summed E-state index contributed by atoms with van der Waals surface area (Å²) in [6.45, 7) is 5.96. The van der Waals surface area contributed by atoms with E-state index in [-0.39, 0.29) is 29.9 Å². The van der Waals surface area contributed by atoms with E-state index in [1.54, 1.807) is 12.1 Å². The number of thioether (sulfide) groups is 1. The molecule has 0 aromatic heterocycles. The van der Waals surface area contributed by atoms with Crippen molar-refractivity contribution in [1.29, 1.82) is 0 Å². The van der Waals surface area contributed by atoms with Crippen LogP contribution in [0.4, 0.5) is 4.79 Å². The summed E-state index contributed by atoms with van der Waals surface area (Å²) in [5.74, 6) is -0.813. The summed E-state index contributed by atoms with van der Waals surface area (Å²) in [6.07, 6.45) is 0.689. The first-order chi connectivity index (χ1) is 11.3. The van der Waals surface area contributed by atoms with Gasteiger partial charge in [-0.15, -0.1) is 0 Å². The van der Waals surface area contributed by atoms with Gasteiger partial charge in [-0.2, -0.15) is 0 Å². The first kappa shape index (κ1) is 20.0.